The largest absolute Gasteiger partial charge is 0.306 e. The van der Waals surface area contributed by atoms with E-state index in [1.165, 1.54) is 12.4 Å². The topological polar surface area (TPSA) is 52.0 Å². The quantitative estimate of drug-likeness (QED) is 0.781. The lowest BCUT2D eigenvalue weighted by Crippen LogP contribution is -1.99. The third-order valence-electron chi connectivity index (χ3n) is 2.21. The van der Waals surface area contributed by atoms with Gasteiger partial charge < -0.3 is 0 Å². The maximum atomic E-state index is 12.4. The van der Waals surface area contributed by atoms with Crippen LogP contribution in [0.2, 0.25) is 0 Å². The zero-order valence-electron chi connectivity index (χ0n) is 8.95. The summed E-state index contributed by atoms with van der Waals surface area (Å²) >= 11 is 0. The average Bonchev–Trinajstić information content (AvgIpc) is 2.64. The van der Waals surface area contributed by atoms with Crippen molar-refractivity contribution in [3.8, 4) is 0 Å². The van der Waals surface area contributed by atoms with Gasteiger partial charge in [0.1, 0.15) is 5.75 Å². The van der Waals surface area contributed by atoms with Gasteiger partial charge in [-0.15, -0.1) is 3.89 Å². The van der Waals surface area contributed by atoms with Gasteiger partial charge in [0, 0.05) is 11.8 Å². The second-order valence-electron chi connectivity index (χ2n) is 3.71. The molecule has 6 heteroatoms. The maximum absolute atomic E-state index is 12.4. The fraction of sp³-hybridized carbons (Fsp3) is 0.182. The minimum absolute atomic E-state index is 0.350. The second-order valence-corrected chi connectivity index (χ2v) is 5.08. The maximum Gasteiger partial charge on any atom is 0.306 e. The summed E-state index contributed by atoms with van der Waals surface area (Å²) < 4.78 is 35.0. The SMILES string of the molecule is O=S(=O)(F)Cc1cnn(Cc2ccccc2)c1. The van der Waals surface area contributed by atoms with E-state index >= 15 is 0 Å². The summed E-state index contributed by atoms with van der Waals surface area (Å²) in [5.41, 5.74) is 1.40. The molecule has 17 heavy (non-hydrogen) atoms. The molecule has 0 bridgehead atoms. The number of rotatable bonds is 4. The third-order valence-corrected chi connectivity index (χ3v) is 2.89. The highest BCUT2D eigenvalue weighted by molar-refractivity contribution is 7.85. The fourth-order valence-corrected chi connectivity index (χ4v) is 2.08. The monoisotopic (exact) mass is 254 g/mol. The molecule has 0 spiro atoms. The van der Waals surface area contributed by atoms with Gasteiger partial charge in [-0.3, -0.25) is 4.68 Å². The number of benzene rings is 1. The molecule has 0 amide bonds. The minimum atomic E-state index is -4.49. The molecule has 0 aliphatic heterocycles. The van der Waals surface area contributed by atoms with E-state index < -0.39 is 16.0 Å². The molecule has 4 nitrogen and oxygen atoms in total. The van der Waals surface area contributed by atoms with Gasteiger partial charge in [0.2, 0.25) is 0 Å². The van der Waals surface area contributed by atoms with Crippen LogP contribution in [0.1, 0.15) is 11.1 Å². The molecule has 0 saturated carbocycles. The van der Waals surface area contributed by atoms with Crippen LogP contribution in [0.5, 0.6) is 0 Å². The van der Waals surface area contributed by atoms with Gasteiger partial charge in [-0.05, 0) is 5.56 Å². The first kappa shape index (κ1) is 11.8. The number of hydrogen-bond donors (Lipinski definition) is 0. The normalized spacial score (nSPS) is 11.6. The summed E-state index contributed by atoms with van der Waals surface area (Å²) in [6.07, 6.45) is 2.89. The van der Waals surface area contributed by atoms with Gasteiger partial charge in [-0.2, -0.15) is 13.5 Å². The molecule has 0 radical (unpaired) electrons. The molecule has 1 aromatic heterocycles. The van der Waals surface area contributed by atoms with Gasteiger partial charge >= 0.3 is 10.2 Å². The van der Waals surface area contributed by atoms with E-state index in [0.717, 1.165) is 5.56 Å². The molecule has 0 unspecified atom stereocenters. The lowest BCUT2D eigenvalue weighted by atomic mass is 10.2. The number of halogens is 1. The van der Waals surface area contributed by atoms with Crippen molar-refractivity contribution in [2.24, 2.45) is 0 Å². The first-order valence-electron chi connectivity index (χ1n) is 5.00. The van der Waals surface area contributed by atoms with Gasteiger partial charge in [-0.1, -0.05) is 30.3 Å². The molecular formula is C11H11FN2O2S. The Balaban J connectivity index is 2.09. The summed E-state index contributed by atoms with van der Waals surface area (Å²) in [5.74, 6) is -0.623. The predicted molar refractivity (Wildman–Crippen MR) is 61.5 cm³/mol. The molecule has 2 aromatic rings. The smallest absolute Gasteiger partial charge is 0.268 e. The Labute approximate surface area is 98.9 Å². The third kappa shape index (κ3) is 3.67. The fourth-order valence-electron chi connectivity index (χ4n) is 1.54. The highest BCUT2D eigenvalue weighted by Crippen LogP contribution is 2.08. The van der Waals surface area contributed by atoms with Gasteiger partial charge in [0.15, 0.2) is 0 Å². The van der Waals surface area contributed by atoms with Crippen molar-refractivity contribution in [2.45, 2.75) is 12.3 Å². The highest BCUT2D eigenvalue weighted by Gasteiger charge is 2.10. The molecule has 0 fully saturated rings. The van der Waals surface area contributed by atoms with Crippen molar-refractivity contribution in [1.29, 1.82) is 0 Å². The minimum Gasteiger partial charge on any atom is -0.268 e. The molecule has 0 aliphatic carbocycles. The van der Waals surface area contributed by atoms with Crippen LogP contribution >= 0.6 is 0 Å². The Hall–Kier alpha value is -1.69. The molecule has 1 aromatic carbocycles. The van der Waals surface area contributed by atoms with Crippen molar-refractivity contribution >= 4 is 10.2 Å². The van der Waals surface area contributed by atoms with Crippen molar-refractivity contribution in [1.82, 2.24) is 9.78 Å². The first-order chi connectivity index (χ1) is 8.03. The van der Waals surface area contributed by atoms with E-state index in [9.17, 15) is 12.3 Å². The van der Waals surface area contributed by atoms with Crippen LogP contribution in [0.4, 0.5) is 3.89 Å². The molecule has 2 rings (SSSR count). The zero-order chi connectivity index (χ0) is 12.3. The lowest BCUT2D eigenvalue weighted by molar-refractivity contribution is 0.551. The Bertz CT molecular complexity index is 593. The predicted octanol–water partition coefficient (Wildman–Crippen LogP) is 1.73. The van der Waals surface area contributed by atoms with E-state index in [2.05, 4.69) is 5.10 Å². The van der Waals surface area contributed by atoms with Crippen LogP contribution in [-0.2, 0) is 22.5 Å². The number of aromatic nitrogens is 2. The summed E-state index contributed by atoms with van der Waals surface area (Å²) in [5, 5.41) is 3.98. The molecule has 1 heterocycles. The van der Waals surface area contributed by atoms with Crippen molar-refractivity contribution in [3.63, 3.8) is 0 Å². The Morgan fingerprint density at radius 1 is 1.18 bits per heavy atom. The van der Waals surface area contributed by atoms with Crippen molar-refractivity contribution in [2.75, 3.05) is 0 Å². The van der Waals surface area contributed by atoms with Crippen molar-refractivity contribution in [3.05, 3.63) is 53.9 Å². The Morgan fingerprint density at radius 3 is 2.53 bits per heavy atom. The molecule has 0 N–H and O–H groups in total. The number of nitrogens with zero attached hydrogens (tertiary/aromatic N) is 2. The van der Waals surface area contributed by atoms with Crippen LogP contribution in [-0.4, -0.2) is 18.2 Å². The van der Waals surface area contributed by atoms with Crippen LogP contribution in [0, 0.1) is 0 Å². The standard InChI is InChI=1S/C11H11FN2O2S/c12-17(15,16)9-11-6-13-14(8-11)7-10-4-2-1-3-5-10/h1-6,8H,7,9H2. The van der Waals surface area contributed by atoms with Crippen LogP contribution in [0.15, 0.2) is 42.7 Å². The van der Waals surface area contributed by atoms with Crippen LogP contribution in [0.3, 0.4) is 0 Å². The average molecular weight is 254 g/mol. The van der Waals surface area contributed by atoms with E-state index in [0.29, 0.717) is 12.1 Å². The van der Waals surface area contributed by atoms with Gasteiger partial charge in [0.25, 0.3) is 0 Å². The van der Waals surface area contributed by atoms with Crippen LogP contribution < -0.4 is 0 Å². The molecule has 0 saturated heterocycles. The van der Waals surface area contributed by atoms with E-state index in [4.69, 9.17) is 0 Å². The van der Waals surface area contributed by atoms with E-state index in [1.807, 2.05) is 30.3 Å². The van der Waals surface area contributed by atoms with E-state index in [-0.39, 0.29) is 0 Å². The Kier molecular flexibility index (Phi) is 3.23. The summed E-state index contributed by atoms with van der Waals surface area (Å²) in [6.45, 7) is 0.535. The zero-order valence-corrected chi connectivity index (χ0v) is 9.77. The second kappa shape index (κ2) is 4.67. The Morgan fingerprint density at radius 2 is 1.88 bits per heavy atom. The summed E-state index contributed by atoms with van der Waals surface area (Å²) in [7, 11) is -4.49. The first-order valence-corrected chi connectivity index (χ1v) is 6.56. The molecule has 0 atom stereocenters. The van der Waals surface area contributed by atoms with E-state index in [1.54, 1.807) is 4.68 Å². The molecule has 0 aliphatic rings. The highest BCUT2D eigenvalue weighted by atomic mass is 32.3. The molecule has 90 valence electrons. The number of hydrogen-bond acceptors (Lipinski definition) is 3. The van der Waals surface area contributed by atoms with Gasteiger partial charge in [-0.25, -0.2) is 0 Å². The van der Waals surface area contributed by atoms with Crippen LogP contribution in [0.25, 0.3) is 0 Å². The summed E-state index contributed by atoms with van der Waals surface area (Å²) in [6, 6.07) is 9.60. The lowest BCUT2D eigenvalue weighted by Gasteiger charge is -2.00. The summed E-state index contributed by atoms with van der Waals surface area (Å²) in [4.78, 5) is 0. The molecular weight excluding hydrogens is 243 g/mol. The van der Waals surface area contributed by atoms with Gasteiger partial charge in [0.05, 0.1) is 12.7 Å². The van der Waals surface area contributed by atoms with Crippen molar-refractivity contribution < 1.29 is 12.3 Å².